The van der Waals surface area contributed by atoms with E-state index in [0.717, 1.165) is 4.70 Å². The first-order chi connectivity index (χ1) is 12.7. The Hall–Kier alpha value is -3.32. The molecule has 2 aromatic carbocycles. The molecule has 0 unspecified atom stereocenters. The third-order valence-electron chi connectivity index (χ3n) is 3.60. The molecule has 1 amide bonds. The van der Waals surface area contributed by atoms with Crippen LogP contribution in [0.5, 0.6) is 11.8 Å². The largest absolute Gasteiger partial charge is 0.424 e. The number of rotatable bonds is 4. The Morgan fingerprint density at radius 3 is 2.54 bits per heavy atom. The number of hydrogen-bond donors (Lipinski definition) is 1. The summed E-state index contributed by atoms with van der Waals surface area (Å²) in [5.41, 5.74) is 0.606. The van der Waals surface area contributed by atoms with Crippen LogP contribution >= 0.6 is 11.3 Å². The van der Waals surface area contributed by atoms with E-state index < -0.39 is 0 Å². The lowest BCUT2D eigenvalue weighted by Gasteiger charge is -2.06. The summed E-state index contributed by atoms with van der Waals surface area (Å²) in [7, 11) is 0. The van der Waals surface area contributed by atoms with Crippen LogP contribution in [0, 0.1) is 5.82 Å². The third-order valence-corrected chi connectivity index (χ3v) is 4.69. The third kappa shape index (κ3) is 3.38. The molecule has 7 heteroatoms. The molecule has 2 aromatic heterocycles. The number of anilines is 1. The summed E-state index contributed by atoms with van der Waals surface area (Å²) in [5.74, 6) is -0.0637. The van der Waals surface area contributed by atoms with Crippen molar-refractivity contribution in [3.05, 3.63) is 77.7 Å². The molecule has 0 bridgehead atoms. The van der Waals surface area contributed by atoms with Crippen LogP contribution in [-0.4, -0.2) is 15.9 Å². The second-order valence-electron chi connectivity index (χ2n) is 5.37. The first-order valence-electron chi connectivity index (χ1n) is 7.73. The van der Waals surface area contributed by atoms with Gasteiger partial charge in [-0.05, 0) is 48.5 Å². The number of aromatic nitrogens is 2. The summed E-state index contributed by atoms with van der Waals surface area (Å²) < 4.78 is 20.0. The summed E-state index contributed by atoms with van der Waals surface area (Å²) in [5, 5.41) is 3.24. The Morgan fingerprint density at radius 2 is 1.81 bits per heavy atom. The van der Waals surface area contributed by atoms with Crippen LogP contribution in [0.25, 0.3) is 10.1 Å². The van der Waals surface area contributed by atoms with Gasteiger partial charge in [-0.2, -0.15) is 0 Å². The van der Waals surface area contributed by atoms with Crippen LogP contribution in [0.3, 0.4) is 0 Å². The van der Waals surface area contributed by atoms with E-state index in [0.29, 0.717) is 21.7 Å². The summed E-state index contributed by atoms with van der Waals surface area (Å²) >= 11 is 1.25. The molecule has 0 fully saturated rings. The van der Waals surface area contributed by atoms with Gasteiger partial charge in [-0.1, -0.05) is 6.07 Å². The van der Waals surface area contributed by atoms with E-state index in [1.54, 1.807) is 60.9 Å². The smallest absolute Gasteiger partial charge is 0.321 e. The molecule has 128 valence electrons. The van der Waals surface area contributed by atoms with Crippen molar-refractivity contribution in [2.24, 2.45) is 0 Å². The van der Waals surface area contributed by atoms with E-state index >= 15 is 0 Å². The van der Waals surface area contributed by atoms with Crippen LogP contribution in [0.1, 0.15) is 9.67 Å². The van der Waals surface area contributed by atoms with Crippen LogP contribution in [-0.2, 0) is 0 Å². The Kier molecular flexibility index (Phi) is 4.28. The maximum absolute atomic E-state index is 13.8. The minimum absolute atomic E-state index is 0.247. The van der Waals surface area contributed by atoms with Gasteiger partial charge in [0.05, 0.1) is 4.88 Å². The van der Waals surface area contributed by atoms with Gasteiger partial charge in [-0.25, -0.2) is 14.4 Å². The van der Waals surface area contributed by atoms with Crippen molar-refractivity contribution in [3.63, 3.8) is 0 Å². The number of hydrogen-bond acceptors (Lipinski definition) is 5. The Bertz CT molecular complexity index is 1070. The average Bonchev–Trinajstić information content (AvgIpc) is 3.10. The molecular weight excluding hydrogens is 353 g/mol. The number of nitrogens with zero attached hydrogens (tertiary/aromatic N) is 2. The van der Waals surface area contributed by atoms with E-state index in [2.05, 4.69) is 15.3 Å². The van der Waals surface area contributed by atoms with Crippen LogP contribution < -0.4 is 10.1 Å². The quantitative estimate of drug-likeness (QED) is 0.560. The molecular formula is C19H12FN3O2S. The molecule has 0 radical (unpaired) electrons. The summed E-state index contributed by atoms with van der Waals surface area (Å²) in [6, 6.07) is 15.1. The lowest BCUT2D eigenvalue weighted by molar-refractivity contribution is 0.103. The Morgan fingerprint density at radius 1 is 1.04 bits per heavy atom. The minimum Gasteiger partial charge on any atom is -0.424 e. The maximum atomic E-state index is 13.8. The minimum atomic E-state index is -0.331. The number of amides is 1. The molecule has 5 nitrogen and oxygen atoms in total. The van der Waals surface area contributed by atoms with Gasteiger partial charge in [0.1, 0.15) is 11.6 Å². The monoisotopic (exact) mass is 365 g/mol. The predicted octanol–water partition coefficient (Wildman–Crippen LogP) is 4.88. The summed E-state index contributed by atoms with van der Waals surface area (Å²) in [4.78, 5) is 20.8. The van der Waals surface area contributed by atoms with Crippen molar-refractivity contribution >= 4 is 33.0 Å². The molecule has 0 atom stereocenters. The highest BCUT2D eigenvalue weighted by Gasteiger charge is 2.12. The van der Waals surface area contributed by atoms with Gasteiger partial charge in [0.25, 0.3) is 5.91 Å². The zero-order chi connectivity index (χ0) is 17.9. The topological polar surface area (TPSA) is 64.1 Å². The van der Waals surface area contributed by atoms with Crippen LogP contribution in [0.15, 0.2) is 67.0 Å². The number of nitrogens with one attached hydrogen (secondary N) is 1. The lowest BCUT2D eigenvalue weighted by Crippen LogP contribution is -2.09. The second kappa shape index (κ2) is 6.89. The zero-order valence-corrected chi connectivity index (χ0v) is 14.2. The molecule has 0 saturated heterocycles. The molecule has 0 spiro atoms. The van der Waals surface area contributed by atoms with Crippen molar-refractivity contribution in [3.8, 4) is 11.8 Å². The van der Waals surface area contributed by atoms with Crippen molar-refractivity contribution in [2.75, 3.05) is 5.32 Å². The molecule has 4 aromatic rings. The van der Waals surface area contributed by atoms with Crippen molar-refractivity contribution in [1.82, 2.24) is 9.97 Å². The number of benzene rings is 2. The highest BCUT2D eigenvalue weighted by Crippen LogP contribution is 2.28. The van der Waals surface area contributed by atoms with Gasteiger partial charge < -0.3 is 10.1 Å². The highest BCUT2D eigenvalue weighted by atomic mass is 32.1. The molecule has 0 aliphatic carbocycles. The zero-order valence-electron chi connectivity index (χ0n) is 13.3. The predicted molar refractivity (Wildman–Crippen MR) is 98.3 cm³/mol. The lowest BCUT2D eigenvalue weighted by atomic mass is 10.2. The Balaban J connectivity index is 1.47. The molecule has 0 aliphatic heterocycles. The number of fused-ring (bicyclic) bond motifs is 1. The SMILES string of the molecule is O=C(Nc1ccc(Oc2ncccn2)cc1)c1cc2c(F)cccc2s1. The summed E-state index contributed by atoms with van der Waals surface area (Å²) in [6.07, 6.45) is 3.18. The van der Waals surface area contributed by atoms with Gasteiger partial charge >= 0.3 is 6.01 Å². The molecule has 4 rings (SSSR count). The standard InChI is InChI=1S/C19H12FN3O2S/c20-15-3-1-4-16-14(15)11-17(26-16)18(24)23-12-5-7-13(8-6-12)25-19-21-9-2-10-22-19/h1-11H,(H,23,24). The fraction of sp³-hybridized carbons (Fsp3) is 0. The van der Waals surface area contributed by atoms with E-state index in [1.165, 1.54) is 17.4 Å². The van der Waals surface area contributed by atoms with Crippen molar-refractivity contribution in [1.29, 1.82) is 0 Å². The number of halogens is 1. The van der Waals surface area contributed by atoms with E-state index in [4.69, 9.17) is 4.74 Å². The van der Waals surface area contributed by atoms with Gasteiger partial charge in [0, 0.05) is 28.2 Å². The number of thiophene rings is 1. The summed E-state index contributed by atoms with van der Waals surface area (Å²) in [6.45, 7) is 0. The first kappa shape index (κ1) is 16.2. The first-order valence-corrected chi connectivity index (χ1v) is 8.55. The second-order valence-corrected chi connectivity index (χ2v) is 6.46. The van der Waals surface area contributed by atoms with Crippen LogP contribution in [0.2, 0.25) is 0 Å². The number of carbonyl (C=O) groups excluding carboxylic acids is 1. The van der Waals surface area contributed by atoms with Gasteiger partial charge in [-0.15, -0.1) is 11.3 Å². The normalized spacial score (nSPS) is 10.7. The molecule has 0 saturated carbocycles. The molecule has 2 heterocycles. The van der Waals surface area contributed by atoms with Gasteiger partial charge in [0.15, 0.2) is 0 Å². The van der Waals surface area contributed by atoms with Crippen molar-refractivity contribution < 1.29 is 13.9 Å². The fourth-order valence-electron chi connectivity index (χ4n) is 2.38. The van der Waals surface area contributed by atoms with Gasteiger partial charge in [0.2, 0.25) is 0 Å². The van der Waals surface area contributed by atoms with E-state index in [9.17, 15) is 9.18 Å². The number of ether oxygens (including phenoxy) is 1. The average molecular weight is 365 g/mol. The van der Waals surface area contributed by atoms with Gasteiger partial charge in [-0.3, -0.25) is 4.79 Å². The molecule has 26 heavy (non-hydrogen) atoms. The molecule has 1 N–H and O–H groups in total. The maximum Gasteiger partial charge on any atom is 0.321 e. The molecule has 0 aliphatic rings. The fourth-order valence-corrected chi connectivity index (χ4v) is 3.35. The number of carbonyl (C=O) groups is 1. The van der Waals surface area contributed by atoms with Crippen molar-refractivity contribution in [2.45, 2.75) is 0 Å². The van der Waals surface area contributed by atoms with Crippen LogP contribution in [0.4, 0.5) is 10.1 Å². The van der Waals surface area contributed by atoms with E-state index in [-0.39, 0.29) is 17.7 Å². The van der Waals surface area contributed by atoms with E-state index in [1.807, 2.05) is 0 Å². The highest BCUT2D eigenvalue weighted by molar-refractivity contribution is 7.20. The Labute approximate surface area is 152 Å².